The summed E-state index contributed by atoms with van der Waals surface area (Å²) in [7, 11) is 0. The number of hydrogen-bond acceptors (Lipinski definition) is 8. The molecule has 2 rings (SSSR count). The van der Waals surface area contributed by atoms with Crippen molar-refractivity contribution >= 4 is 35.1 Å². The smallest absolute Gasteiger partial charge is 0.338 e. The van der Waals surface area contributed by atoms with Gasteiger partial charge in [0.1, 0.15) is 11.7 Å². The third kappa shape index (κ3) is 7.04. The standard InChI is InChI=1S/C28H30O8/c1-15(35-26(33)20-8-10-22(16(2)29)24(12-20)18(4)31)14-28(6,7)36-27(34)21-9-11-23(17(3)30)25(13-21)19(5)32/h8-13,15H,14H2,1-7H3. The number of ether oxygens (including phenoxy) is 2. The van der Waals surface area contributed by atoms with Crippen LogP contribution in [0.5, 0.6) is 0 Å². The third-order valence-corrected chi connectivity index (χ3v) is 5.48. The fourth-order valence-electron chi connectivity index (χ4n) is 3.88. The number of rotatable bonds is 10. The van der Waals surface area contributed by atoms with E-state index in [4.69, 9.17) is 9.47 Å². The Labute approximate surface area is 210 Å². The number of Topliss-reactive ketones (excluding diaryl/α,β-unsaturated/α-hetero) is 4. The summed E-state index contributed by atoms with van der Waals surface area (Å²) >= 11 is 0. The van der Waals surface area contributed by atoms with E-state index in [-0.39, 0.29) is 62.9 Å². The molecule has 190 valence electrons. The summed E-state index contributed by atoms with van der Waals surface area (Å²) in [4.78, 5) is 72.7. The lowest BCUT2D eigenvalue weighted by Gasteiger charge is -2.28. The number of hydrogen-bond donors (Lipinski definition) is 0. The molecular formula is C28H30O8. The molecule has 0 radical (unpaired) electrons. The highest BCUT2D eigenvalue weighted by molar-refractivity contribution is 6.09. The van der Waals surface area contributed by atoms with Gasteiger partial charge in [-0.1, -0.05) is 0 Å². The Hall–Kier alpha value is -3.94. The van der Waals surface area contributed by atoms with E-state index in [1.54, 1.807) is 20.8 Å². The van der Waals surface area contributed by atoms with Crippen LogP contribution in [0.4, 0.5) is 0 Å². The second kappa shape index (κ2) is 11.2. The lowest BCUT2D eigenvalue weighted by atomic mass is 9.97. The van der Waals surface area contributed by atoms with Crippen molar-refractivity contribution in [1.82, 2.24) is 0 Å². The van der Waals surface area contributed by atoms with Gasteiger partial charge in [0.05, 0.1) is 11.1 Å². The predicted octanol–water partition coefficient (Wildman–Crippen LogP) is 5.07. The van der Waals surface area contributed by atoms with Crippen LogP contribution in [0.2, 0.25) is 0 Å². The topological polar surface area (TPSA) is 121 Å². The summed E-state index contributed by atoms with van der Waals surface area (Å²) in [6.07, 6.45) is -0.512. The SMILES string of the molecule is CC(=O)c1ccc(C(=O)OC(C)CC(C)(C)OC(=O)c2ccc(C(C)=O)c(C(C)=O)c2)cc1C(C)=O. The summed E-state index contributed by atoms with van der Waals surface area (Å²) in [6, 6.07) is 8.33. The average molecular weight is 495 g/mol. The van der Waals surface area contributed by atoms with Crippen molar-refractivity contribution in [2.45, 2.75) is 66.6 Å². The van der Waals surface area contributed by atoms with Crippen LogP contribution in [0.15, 0.2) is 36.4 Å². The molecule has 8 nitrogen and oxygen atoms in total. The Morgan fingerprint density at radius 2 is 1.06 bits per heavy atom. The summed E-state index contributed by atoms with van der Waals surface area (Å²) in [5.41, 5.74) is -0.0839. The normalized spacial score (nSPS) is 11.9. The maximum Gasteiger partial charge on any atom is 0.338 e. The van der Waals surface area contributed by atoms with E-state index in [2.05, 4.69) is 0 Å². The van der Waals surface area contributed by atoms with Gasteiger partial charge in [-0.3, -0.25) is 19.2 Å². The number of esters is 2. The van der Waals surface area contributed by atoms with Crippen LogP contribution >= 0.6 is 0 Å². The minimum absolute atomic E-state index is 0.116. The number of benzene rings is 2. The van der Waals surface area contributed by atoms with Crippen molar-refractivity contribution in [3.05, 3.63) is 69.8 Å². The van der Waals surface area contributed by atoms with E-state index in [0.717, 1.165) is 0 Å². The highest BCUT2D eigenvalue weighted by Gasteiger charge is 2.29. The maximum absolute atomic E-state index is 12.7. The van der Waals surface area contributed by atoms with Crippen LogP contribution in [-0.2, 0) is 9.47 Å². The molecule has 0 bridgehead atoms. The summed E-state index contributed by atoms with van der Waals surface area (Å²) in [5, 5.41) is 0. The molecule has 0 saturated carbocycles. The van der Waals surface area contributed by atoms with Gasteiger partial charge in [0.2, 0.25) is 0 Å². The zero-order valence-corrected chi connectivity index (χ0v) is 21.5. The Kier molecular flexibility index (Phi) is 8.80. The average Bonchev–Trinajstić information content (AvgIpc) is 2.76. The van der Waals surface area contributed by atoms with Crippen molar-refractivity contribution in [2.24, 2.45) is 0 Å². The van der Waals surface area contributed by atoms with Gasteiger partial charge in [-0.05, 0) is 84.9 Å². The second-order valence-electron chi connectivity index (χ2n) is 9.31. The Morgan fingerprint density at radius 3 is 1.44 bits per heavy atom. The monoisotopic (exact) mass is 494 g/mol. The number of carbonyl (C=O) groups excluding carboxylic acids is 6. The van der Waals surface area contributed by atoms with Gasteiger partial charge in [-0.25, -0.2) is 9.59 Å². The molecule has 0 spiro atoms. The Balaban J connectivity index is 2.12. The first kappa shape index (κ1) is 28.3. The van der Waals surface area contributed by atoms with Gasteiger partial charge in [0, 0.05) is 28.7 Å². The van der Waals surface area contributed by atoms with Crippen molar-refractivity contribution in [2.75, 3.05) is 0 Å². The minimum atomic E-state index is -1.05. The number of carbonyl (C=O) groups is 6. The summed E-state index contributed by atoms with van der Waals surface area (Å²) < 4.78 is 11.1. The van der Waals surface area contributed by atoms with E-state index in [1.165, 1.54) is 64.1 Å². The van der Waals surface area contributed by atoms with Gasteiger partial charge in [0.25, 0.3) is 0 Å². The first-order valence-corrected chi connectivity index (χ1v) is 11.4. The fourth-order valence-corrected chi connectivity index (χ4v) is 3.88. The lowest BCUT2D eigenvalue weighted by Crippen LogP contribution is -2.33. The molecule has 36 heavy (non-hydrogen) atoms. The molecule has 0 aliphatic heterocycles. The molecule has 0 N–H and O–H groups in total. The Morgan fingerprint density at radius 1 is 0.667 bits per heavy atom. The molecule has 1 atom stereocenters. The first-order chi connectivity index (χ1) is 16.6. The van der Waals surface area contributed by atoms with Gasteiger partial charge < -0.3 is 9.47 Å². The van der Waals surface area contributed by atoms with Gasteiger partial charge in [-0.2, -0.15) is 0 Å². The largest absolute Gasteiger partial charge is 0.459 e. The van der Waals surface area contributed by atoms with Crippen LogP contribution in [0.1, 0.15) is 117 Å². The molecule has 1 unspecified atom stereocenters. The molecule has 0 saturated heterocycles. The van der Waals surface area contributed by atoms with Gasteiger partial charge >= 0.3 is 11.9 Å². The van der Waals surface area contributed by atoms with Gasteiger partial charge in [-0.15, -0.1) is 0 Å². The molecule has 0 aromatic heterocycles. The highest BCUT2D eigenvalue weighted by Crippen LogP contribution is 2.23. The molecule has 0 amide bonds. The van der Waals surface area contributed by atoms with Gasteiger partial charge in [0.15, 0.2) is 23.1 Å². The maximum atomic E-state index is 12.7. The number of ketones is 4. The first-order valence-electron chi connectivity index (χ1n) is 11.4. The van der Waals surface area contributed by atoms with Crippen LogP contribution < -0.4 is 0 Å². The van der Waals surface area contributed by atoms with E-state index in [0.29, 0.717) is 0 Å². The van der Waals surface area contributed by atoms with Crippen molar-refractivity contribution in [3.8, 4) is 0 Å². The fraction of sp³-hybridized carbons (Fsp3) is 0.357. The van der Waals surface area contributed by atoms with Crippen molar-refractivity contribution in [1.29, 1.82) is 0 Å². The quantitative estimate of drug-likeness (QED) is 0.332. The van der Waals surface area contributed by atoms with Crippen LogP contribution in [0.25, 0.3) is 0 Å². The summed E-state index contributed by atoms with van der Waals surface area (Å²) in [5.74, 6) is -2.65. The molecular weight excluding hydrogens is 464 g/mol. The van der Waals surface area contributed by atoms with Crippen LogP contribution in [0, 0.1) is 0 Å². The Bertz CT molecular complexity index is 1250. The highest BCUT2D eigenvalue weighted by atomic mass is 16.6. The summed E-state index contributed by atoms with van der Waals surface area (Å²) in [6.45, 7) is 10.2. The van der Waals surface area contributed by atoms with Crippen molar-refractivity contribution in [3.63, 3.8) is 0 Å². The van der Waals surface area contributed by atoms with E-state index < -0.39 is 23.6 Å². The minimum Gasteiger partial charge on any atom is -0.459 e. The molecule has 2 aromatic carbocycles. The molecule has 8 heteroatoms. The molecule has 0 fully saturated rings. The van der Waals surface area contributed by atoms with Crippen LogP contribution in [-0.4, -0.2) is 46.8 Å². The predicted molar refractivity (Wildman–Crippen MR) is 132 cm³/mol. The zero-order chi connectivity index (χ0) is 27.4. The third-order valence-electron chi connectivity index (χ3n) is 5.48. The van der Waals surface area contributed by atoms with Crippen molar-refractivity contribution < 1.29 is 38.2 Å². The molecule has 0 aliphatic rings. The molecule has 0 heterocycles. The molecule has 0 aliphatic carbocycles. The van der Waals surface area contributed by atoms with E-state index >= 15 is 0 Å². The molecule has 2 aromatic rings. The van der Waals surface area contributed by atoms with Crippen LogP contribution in [0.3, 0.4) is 0 Å². The lowest BCUT2D eigenvalue weighted by molar-refractivity contribution is -0.0283. The van der Waals surface area contributed by atoms with E-state index in [1.807, 2.05) is 0 Å². The van der Waals surface area contributed by atoms with E-state index in [9.17, 15) is 28.8 Å². The second-order valence-corrected chi connectivity index (χ2v) is 9.31. The zero-order valence-electron chi connectivity index (χ0n) is 21.5.